The number of hydrogen-bond acceptors (Lipinski definition) is 7. The third-order valence-corrected chi connectivity index (χ3v) is 6.08. The number of aryl methyl sites for hydroxylation is 1. The van der Waals surface area contributed by atoms with E-state index in [9.17, 15) is 9.18 Å². The van der Waals surface area contributed by atoms with Crippen molar-refractivity contribution in [3.8, 4) is 22.9 Å². The monoisotopic (exact) mass is 485 g/mol. The summed E-state index contributed by atoms with van der Waals surface area (Å²) in [6, 6.07) is 10.7. The molecule has 1 aliphatic carbocycles. The molecule has 0 saturated heterocycles. The number of rotatable bonds is 6. The largest absolute Gasteiger partial charge is 0.382 e. The molecule has 10 heteroatoms. The summed E-state index contributed by atoms with van der Waals surface area (Å²) in [7, 11) is 0. The summed E-state index contributed by atoms with van der Waals surface area (Å²) in [4.78, 5) is 21.3. The molecule has 1 aliphatic rings. The summed E-state index contributed by atoms with van der Waals surface area (Å²) in [5.41, 5.74) is 8.74. The Kier molecular flexibility index (Phi) is 5.93. The van der Waals surface area contributed by atoms with E-state index >= 15 is 0 Å². The van der Waals surface area contributed by atoms with Gasteiger partial charge in [0.2, 0.25) is 0 Å². The van der Waals surface area contributed by atoms with Gasteiger partial charge in [-0.05, 0) is 37.6 Å². The number of carbonyl (C=O) groups excluding carboxylic acids is 1. The predicted octanol–water partition coefficient (Wildman–Crippen LogP) is 4.96. The third-order valence-electron chi connectivity index (χ3n) is 6.08. The fourth-order valence-electron chi connectivity index (χ4n) is 4.04. The molecule has 0 radical (unpaired) electrons. The number of allylic oxidation sites excluding steroid dienone is 4. The van der Waals surface area contributed by atoms with Crippen molar-refractivity contribution in [2.75, 3.05) is 11.1 Å². The van der Waals surface area contributed by atoms with Crippen molar-refractivity contribution in [2.45, 2.75) is 26.8 Å². The fourth-order valence-corrected chi connectivity index (χ4v) is 4.04. The minimum atomic E-state index is -0.764. The van der Waals surface area contributed by atoms with Crippen molar-refractivity contribution in [3.05, 3.63) is 84.0 Å². The molecule has 9 nitrogen and oxygen atoms in total. The van der Waals surface area contributed by atoms with Crippen LogP contribution in [0, 0.1) is 12.3 Å². The van der Waals surface area contributed by atoms with Crippen LogP contribution in [0.5, 0.6) is 0 Å². The zero-order chi connectivity index (χ0) is 25.3. The number of halogens is 1. The summed E-state index contributed by atoms with van der Waals surface area (Å²) in [5, 5.41) is 11.4. The van der Waals surface area contributed by atoms with E-state index in [1.54, 1.807) is 35.0 Å². The molecule has 0 saturated carbocycles. The van der Waals surface area contributed by atoms with E-state index in [0.29, 0.717) is 29.1 Å². The van der Waals surface area contributed by atoms with Gasteiger partial charge >= 0.3 is 0 Å². The van der Waals surface area contributed by atoms with Crippen molar-refractivity contribution in [1.82, 2.24) is 24.9 Å². The number of nitrogen functional groups attached to an aromatic ring is 1. The van der Waals surface area contributed by atoms with Crippen molar-refractivity contribution >= 4 is 17.4 Å². The number of amides is 1. The zero-order valence-corrected chi connectivity index (χ0v) is 19.8. The number of carbonyl (C=O) groups is 1. The Labute approximate surface area is 206 Å². The molecule has 3 aromatic heterocycles. The van der Waals surface area contributed by atoms with Crippen LogP contribution in [0.1, 0.15) is 29.3 Å². The highest BCUT2D eigenvalue weighted by Crippen LogP contribution is 2.38. The smallest absolute Gasteiger partial charge is 0.255 e. The molecule has 3 heterocycles. The highest BCUT2D eigenvalue weighted by Gasteiger charge is 2.32. The van der Waals surface area contributed by atoms with Gasteiger partial charge in [0.25, 0.3) is 5.91 Å². The number of aromatic nitrogens is 5. The van der Waals surface area contributed by atoms with Gasteiger partial charge in [-0.15, -0.1) is 0 Å². The number of benzene rings is 1. The summed E-state index contributed by atoms with van der Waals surface area (Å²) >= 11 is 0. The summed E-state index contributed by atoms with van der Waals surface area (Å²) in [6.07, 6.45) is 8.53. The molecule has 0 spiro atoms. The first-order valence-corrected chi connectivity index (χ1v) is 11.3. The molecule has 182 valence electrons. The van der Waals surface area contributed by atoms with E-state index in [0.717, 1.165) is 5.56 Å². The number of anilines is 2. The lowest BCUT2D eigenvalue weighted by atomic mass is 9.82. The van der Waals surface area contributed by atoms with Crippen molar-refractivity contribution in [2.24, 2.45) is 5.41 Å². The maximum atomic E-state index is 14.7. The molecular weight excluding hydrogens is 461 g/mol. The SMILES string of the molecule is Cc1cccc(C(=O)Nc2cnc(-c3cc(-c4ccon4)n(CC4(C)CC=CC=C4F)n3)nc2N)c1. The van der Waals surface area contributed by atoms with Gasteiger partial charge in [0.15, 0.2) is 11.6 Å². The van der Waals surface area contributed by atoms with E-state index in [4.69, 9.17) is 10.3 Å². The fraction of sp³-hybridized carbons (Fsp3) is 0.192. The molecule has 36 heavy (non-hydrogen) atoms. The van der Waals surface area contributed by atoms with E-state index in [2.05, 4.69) is 25.5 Å². The van der Waals surface area contributed by atoms with Crippen LogP contribution < -0.4 is 11.1 Å². The van der Waals surface area contributed by atoms with Gasteiger partial charge in [0, 0.05) is 17.0 Å². The number of nitrogens with zero attached hydrogens (tertiary/aromatic N) is 5. The van der Waals surface area contributed by atoms with Gasteiger partial charge in [-0.3, -0.25) is 9.48 Å². The van der Waals surface area contributed by atoms with E-state index in [1.807, 2.05) is 32.1 Å². The minimum Gasteiger partial charge on any atom is -0.382 e. The van der Waals surface area contributed by atoms with Gasteiger partial charge in [-0.25, -0.2) is 14.4 Å². The van der Waals surface area contributed by atoms with Crippen LogP contribution in [-0.2, 0) is 6.54 Å². The van der Waals surface area contributed by atoms with Gasteiger partial charge in [0.1, 0.15) is 29.2 Å². The Morgan fingerprint density at radius 2 is 2.14 bits per heavy atom. The van der Waals surface area contributed by atoms with Crippen molar-refractivity contribution < 1.29 is 13.7 Å². The first kappa shape index (κ1) is 23.2. The molecule has 3 N–H and O–H groups in total. The average molecular weight is 486 g/mol. The van der Waals surface area contributed by atoms with Crippen LogP contribution in [-0.4, -0.2) is 30.8 Å². The minimum absolute atomic E-state index is 0.0943. The summed E-state index contributed by atoms with van der Waals surface area (Å²) in [5.74, 6) is -0.183. The molecule has 1 aromatic carbocycles. The van der Waals surface area contributed by atoms with Gasteiger partial charge in [-0.1, -0.05) is 41.9 Å². The zero-order valence-electron chi connectivity index (χ0n) is 19.8. The number of nitrogens with one attached hydrogen (secondary N) is 1. The van der Waals surface area contributed by atoms with Gasteiger partial charge in [0.05, 0.1) is 18.4 Å². The highest BCUT2D eigenvalue weighted by atomic mass is 19.1. The van der Waals surface area contributed by atoms with Crippen molar-refractivity contribution in [3.63, 3.8) is 0 Å². The normalized spacial score (nSPS) is 17.1. The van der Waals surface area contributed by atoms with Crippen LogP contribution in [0.15, 0.2) is 77.4 Å². The molecule has 0 bridgehead atoms. The molecule has 1 amide bonds. The van der Waals surface area contributed by atoms with Crippen molar-refractivity contribution in [1.29, 1.82) is 0 Å². The molecule has 0 fully saturated rings. The van der Waals surface area contributed by atoms with Crippen LogP contribution in [0.25, 0.3) is 22.9 Å². The van der Waals surface area contributed by atoms with Gasteiger partial charge in [-0.2, -0.15) is 5.10 Å². The molecule has 1 unspecified atom stereocenters. The predicted molar refractivity (Wildman–Crippen MR) is 133 cm³/mol. The Bertz CT molecular complexity index is 1490. The lowest BCUT2D eigenvalue weighted by Crippen LogP contribution is -2.26. The standard InChI is InChI=1S/C26H24FN7O2/c1-16-6-5-7-17(12-16)25(35)30-20-14-29-24(31-23(20)28)19-13-21(18-9-11-36-33-18)34(32-19)15-26(2)10-4-3-8-22(26)27/h3-9,11-14H,10,15H2,1-2H3,(H,30,35)(H2,28,29,31). The summed E-state index contributed by atoms with van der Waals surface area (Å²) in [6.45, 7) is 4.02. The van der Waals surface area contributed by atoms with Crippen LogP contribution in [0.2, 0.25) is 0 Å². The lowest BCUT2D eigenvalue weighted by Gasteiger charge is -2.29. The van der Waals surface area contributed by atoms with E-state index in [1.165, 1.54) is 18.5 Å². The highest BCUT2D eigenvalue weighted by molar-refractivity contribution is 6.05. The number of hydrogen-bond donors (Lipinski definition) is 2. The maximum absolute atomic E-state index is 14.7. The van der Waals surface area contributed by atoms with E-state index < -0.39 is 5.41 Å². The molecule has 0 aliphatic heterocycles. The molecule has 5 rings (SSSR count). The number of nitrogens with two attached hydrogens (primary N) is 1. The Hall–Kier alpha value is -4.60. The van der Waals surface area contributed by atoms with Crippen LogP contribution >= 0.6 is 0 Å². The summed E-state index contributed by atoms with van der Waals surface area (Å²) < 4.78 is 21.4. The second-order valence-electron chi connectivity index (χ2n) is 8.98. The first-order valence-electron chi connectivity index (χ1n) is 11.3. The quantitative estimate of drug-likeness (QED) is 0.395. The molecule has 4 aromatic rings. The lowest BCUT2D eigenvalue weighted by molar-refractivity contribution is 0.102. The van der Waals surface area contributed by atoms with E-state index in [-0.39, 0.29) is 35.6 Å². The second kappa shape index (κ2) is 9.21. The molecular formula is C26H24FN7O2. The average Bonchev–Trinajstić information content (AvgIpc) is 3.52. The van der Waals surface area contributed by atoms with Gasteiger partial charge < -0.3 is 15.6 Å². The first-order chi connectivity index (χ1) is 17.3. The topological polar surface area (TPSA) is 125 Å². The Balaban J connectivity index is 1.44. The second-order valence-corrected chi connectivity index (χ2v) is 8.98. The third kappa shape index (κ3) is 4.52. The Morgan fingerprint density at radius 1 is 1.28 bits per heavy atom. The molecule has 1 atom stereocenters. The van der Waals surface area contributed by atoms with Crippen LogP contribution in [0.3, 0.4) is 0 Å². The Morgan fingerprint density at radius 3 is 2.86 bits per heavy atom. The van der Waals surface area contributed by atoms with Crippen LogP contribution in [0.4, 0.5) is 15.9 Å². The maximum Gasteiger partial charge on any atom is 0.255 e.